The fraction of sp³-hybridized carbons (Fsp3) is 0.286. The van der Waals surface area contributed by atoms with Gasteiger partial charge in [-0.15, -0.1) is 0 Å². The molecule has 0 fully saturated rings. The Morgan fingerprint density at radius 1 is 0.516 bits per heavy atom. The fourth-order valence-corrected chi connectivity index (χ4v) is 8.79. The van der Waals surface area contributed by atoms with Crippen LogP contribution in [-0.4, -0.2) is 0 Å². The topological polar surface area (TPSA) is 0 Å². The molecule has 2 aromatic rings. The molecule has 0 unspecified atom stereocenters. The molecule has 0 atom stereocenters. The minimum atomic E-state index is -0.910. The predicted octanol–water partition coefficient (Wildman–Crippen LogP) is 2.00. The van der Waals surface area contributed by atoms with Gasteiger partial charge in [-0.2, -0.15) is 0 Å². The van der Waals surface area contributed by atoms with Crippen LogP contribution in [-0.2, 0) is 23.2 Å². The second-order valence-electron chi connectivity index (χ2n) is 8.73. The van der Waals surface area contributed by atoms with Crippen molar-refractivity contribution in [1.82, 2.24) is 0 Å². The molecule has 2 aliphatic rings. The summed E-state index contributed by atoms with van der Waals surface area (Å²) in [5.41, 5.74) is 15.0. The van der Waals surface area contributed by atoms with Crippen LogP contribution in [0.25, 0.3) is 11.1 Å². The van der Waals surface area contributed by atoms with E-state index in [0.29, 0.717) is 0 Å². The van der Waals surface area contributed by atoms with E-state index in [-0.39, 0.29) is 24.8 Å². The number of rotatable bonds is 4. The van der Waals surface area contributed by atoms with Gasteiger partial charge in [-0.1, -0.05) is 0 Å². The van der Waals surface area contributed by atoms with Crippen molar-refractivity contribution in [3.8, 4) is 0 Å². The molecule has 0 spiro atoms. The SMILES string of the molecule is CC1=C(C)[C]([Zr+2][C]2=C(c3ccc(C)cc3)CC(C)=C2C)=C(c2ccc(C)cc2)C1.[Cl-].[Cl-]. The maximum atomic E-state index is 2.36. The summed E-state index contributed by atoms with van der Waals surface area (Å²) in [6.45, 7) is 13.7. The van der Waals surface area contributed by atoms with Gasteiger partial charge in [0.15, 0.2) is 0 Å². The van der Waals surface area contributed by atoms with E-state index in [1.54, 1.807) is 40.0 Å². The standard InChI is InChI=1S/2C14H15.2ClH.Zr/c2*1-10-4-6-13(7-5-10)14-8-11(2)12(3)9-14;;;/h2*4-7H,8H2,1-3H3;2*1H;/q;;;;+2/p-2. The summed E-state index contributed by atoms with van der Waals surface area (Å²) >= 11 is -0.910. The first-order valence-electron chi connectivity index (χ1n) is 10.6. The first-order chi connectivity index (χ1) is 13.8. The monoisotopic (exact) mass is 526 g/mol. The summed E-state index contributed by atoms with van der Waals surface area (Å²) < 4.78 is 3.42. The van der Waals surface area contributed by atoms with Crippen molar-refractivity contribution in [3.05, 3.63) is 99.6 Å². The Hall–Kier alpha value is -1.14. The van der Waals surface area contributed by atoms with Crippen molar-refractivity contribution in [3.63, 3.8) is 0 Å². The van der Waals surface area contributed by atoms with Crippen LogP contribution in [0.4, 0.5) is 0 Å². The summed E-state index contributed by atoms with van der Waals surface area (Å²) in [5.74, 6) is 0. The van der Waals surface area contributed by atoms with Gasteiger partial charge < -0.3 is 24.8 Å². The van der Waals surface area contributed by atoms with E-state index < -0.39 is 23.2 Å². The number of hydrogen-bond donors (Lipinski definition) is 0. The van der Waals surface area contributed by atoms with E-state index in [2.05, 4.69) is 90.1 Å². The summed E-state index contributed by atoms with van der Waals surface area (Å²) in [6, 6.07) is 18.3. The Labute approximate surface area is 212 Å². The maximum absolute atomic E-state index is 2.36. The molecule has 0 nitrogen and oxygen atoms in total. The molecule has 160 valence electrons. The van der Waals surface area contributed by atoms with E-state index >= 15 is 0 Å². The largest absolute Gasteiger partial charge is 1.00 e. The summed E-state index contributed by atoms with van der Waals surface area (Å²) in [7, 11) is 0. The quantitative estimate of drug-likeness (QED) is 0.570. The van der Waals surface area contributed by atoms with Gasteiger partial charge in [0, 0.05) is 0 Å². The molecule has 0 amide bonds. The molecule has 0 heterocycles. The molecule has 0 saturated carbocycles. The Balaban J connectivity index is 0.00000171. The molecule has 0 bridgehead atoms. The van der Waals surface area contributed by atoms with Crippen LogP contribution < -0.4 is 24.8 Å². The van der Waals surface area contributed by atoms with Gasteiger partial charge >= 0.3 is 188 Å². The number of aryl methyl sites for hydroxylation is 2. The zero-order valence-corrected chi connectivity index (χ0v) is 23.3. The fourth-order valence-electron chi connectivity index (χ4n) is 4.32. The van der Waals surface area contributed by atoms with Crippen LogP contribution in [0.15, 0.2) is 77.4 Å². The van der Waals surface area contributed by atoms with Crippen molar-refractivity contribution < 1.29 is 48.0 Å². The van der Waals surface area contributed by atoms with Crippen LogP contribution in [0.1, 0.15) is 62.8 Å². The molecule has 0 N–H and O–H groups in total. The van der Waals surface area contributed by atoms with E-state index in [0.717, 1.165) is 12.8 Å². The van der Waals surface area contributed by atoms with Crippen LogP contribution in [0.5, 0.6) is 0 Å². The average molecular weight is 529 g/mol. The predicted molar refractivity (Wildman–Crippen MR) is 122 cm³/mol. The van der Waals surface area contributed by atoms with Crippen LogP contribution >= 0.6 is 0 Å². The number of allylic oxidation sites excluding steroid dienone is 8. The number of benzene rings is 2. The van der Waals surface area contributed by atoms with Crippen molar-refractivity contribution in [2.45, 2.75) is 54.4 Å². The van der Waals surface area contributed by atoms with Crippen molar-refractivity contribution >= 4 is 11.1 Å². The normalized spacial score (nSPS) is 15.9. The maximum Gasteiger partial charge on any atom is -1.00 e. The Morgan fingerprint density at radius 2 is 0.839 bits per heavy atom. The minimum Gasteiger partial charge on any atom is -1.00 e. The third-order valence-electron chi connectivity index (χ3n) is 6.57. The van der Waals surface area contributed by atoms with E-state index in [1.807, 2.05) is 0 Å². The minimum absolute atomic E-state index is 0. The van der Waals surface area contributed by atoms with Gasteiger partial charge in [-0.3, -0.25) is 0 Å². The van der Waals surface area contributed by atoms with Crippen LogP contribution in [0.2, 0.25) is 0 Å². The second-order valence-corrected chi connectivity index (χ2v) is 11.8. The molecule has 2 aliphatic carbocycles. The Kier molecular flexibility index (Phi) is 8.98. The molecule has 4 rings (SSSR count). The molecule has 0 aromatic heterocycles. The first-order valence-corrected chi connectivity index (χ1v) is 13.0. The molecule has 3 heteroatoms. The average Bonchev–Trinajstić information content (AvgIpc) is 3.14. The molecular formula is C28H30Cl2Zr. The van der Waals surface area contributed by atoms with Crippen LogP contribution in [0.3, 0.4) is 0 Å². The van der Waals surface area contributed by atoms with E-state index in [4.69, 9.17) is 0 Å². The van der Waals surface area contributed by atoms with E-state index in [1.165, 1.54) is 22.3 Å². The van der Waals surface area contributed by atoms with Crippen LogP contribution in [0, 0.1) is 13.8 Å². The first kappa shape index (κ1) is 26.1. The third kappa shape index (κ3) is 5.27. The number of hydrogen-bond acceptors (Lipinski definition) is 0. The summed E-state index contributed by atoms with van der Waals surface area (Å²) in [6.07, 6.45) is 2.25. The zero-order chi connectivity index (χ0) is 20.7. The van der Waals surface area contributed by atoms with Gasteiger partial charge in [0.05, 0.1) is 0 Å². The van der Waals surface area contributed by atoms with Gasteiger partial charge in [0.2, 0.25) is 0 Å². The Morgan fingerprint density at radius 3 is 1.16 bits per heavy atom. The van der Waals surface area contributed by atoms with Crippen molar-refractivity contribution in [1.29, 1.82) is 0 Å². The van der Waals surface area contributed by atoms with Gasteiger partial charge in [0.25, 0.3) is 0 Å². The van der Waals surface area contributed by atoms with Crippen molar-refractivity contribution in [2.75, 3.05) is 0 Å². The molecule has 0 aliphatic heterocycles. The summed E-state index contributed by atoms with van der Waals surface area (Å²) in [5, 5.41) is 0. The molecule has 0 saturated heterocycles. The summed E-state index contributed by atoms with van der Waals surface area (Å²) in [4.78, 5) is 0. The molecule has 0 radical (unpaired) electrons. The molecule has 2 aromatic carbocycles. The molecule has 31 heavy (non-hydrogen) atoms. The van der Waals surface area contributed by atoms with Gasteiger partial charge in [-0.25, -0.2) is 0 Å². The van der Waals surface area contributed by atoms with Crippen molar-refractivity contribution in [2.24, 2.45) is 0 Å². The molecular weight excluding hydrogens is 498 g/mol. The zero-order valence-electron chi connectivity index (χ0n) is 19.3. The number of halogens is 2. The van der Waals surface area contributed by atoms with Gasteiger partial charge in [0.1, 0.15) is 0 Å². The Bertz CT molecular complexity index is 1010. The second kappa shape index (κ2) is 10.7. The smallest absolute Gasteiger partial charge is 1.00 e. The van der Waals surface area contributed by atoms with E-state index in [9.17, 15) is 0 Å². The van der Waals surface area contributed by atoms with Gasteiger partial charge in [-0.05, 0) is 0 Å². The third-order valence-corrected chi connectivity index (χ3v) is 11.1.